The van der Waals surface area contributed by atoms with Gasteiger partial charge in [-0.25, -0.2) is 0 Å². The second-order valence-electron chi connectivity index (χ2n) is 3.10. The summed E-state index contributed by atoms with van der Waals surface area (Å²) in [6, 6.07) is 0. The average molecular weight is 180 g/mol. The molecule has 1 nitrogen and oxygen atoms in total. The number of aliphatic hydroxyl groups excluding tert-OH is 1. The van der Waals surface area contributed by atoms with Gasteiger partial charge < -0.3 is 5.11 Å². The molecule has 0 saturated heterocycles. The van der Waals surface area contributed by atoms with Crippen LogP contribution >= 0.6 is 0 Å². The maximum absolute atomic E-state index is 9.72. The molecule has 0 spiro atoms. The Morgan fingerprint density at radius 1 is 1.38 bits per heavy atom. The lowest BCUT2D eigenvalue weighted by Gasteiger charge is -2.12. The maximum atomic E-state index is 9.72. The van der Waals surface area contributed by atoms with Gasteiger partial charge in [-0.15, -0.1) is 13.2 Å². The topological polar surface area (TPSA) is 20.2 Å². The van der Waals surface area contributed by atoms with Gasteiger partial charge in [-0.3, -0.25) is 0 Å². The number of aliphatic hydroxyl groups is 1. The molecule has 0 aromatic carbocycles. The summed E-state index contributed by atoms with van der Waals surface area (Å²) in [7, 11) is 0. The summed E-state index contributed by atoms with van der Waals surface area (Å²) in [4.78, 5) is 0. The predicted molar refractivity (Wildman–Crippen MR) is 58.6 cm³/mol. The van der Waals surface area contributed by atoms with Gasteiger partial charge in [-0.2, -0.15) is 0 Å². The van der Waals surface area contributed by atoms with Crippen LogP contribution in [0.1, 0.15) is 32.6 Å². The molecule has 0 saturated carbocycles. The monoisotopic (exact) mass is 180 g/mol. The molecule has 13 heavy (non-hydrogen) atoms. The van der Waals surface area contributed by atoms with Crippen LogP contribution in [0.3, 0.4) is 0 Å². The van der Waals surface area contributed by atoms with E-state index in [1.165, 1.54) is 0 Å². The Balaban J connectivity index is 4.20. The average Bonchev–Trinajstić information content (AvgIpc) is 2.12. The maximum Gasteiger partial charge on any atom is 0.0753 e. The molecule has 1 heteroatoms. The molecule has 0 heterocycles. The highest BCUT2D eigenvalue weighted by atomic mass is 16.3. The Morgan fingerprint density at radius 2 is 2.08 bits per heavy atom. The van der Waals surface area contributed by atoms with Crippen molar-refractivity contribution in [2.75, 3.05) is 0 Å². The zero-order valence-electron chi connectivity index (χ0n) is 8.50. The van der Waals surface area contributed by atoms with E-state index in [2.05, 4.69) is 20.1 Å². The molecular weight excluding hydrogens is 160 g/mol. The van der Waals surface area contributed by atoms with Crippen molar-refractivity contribution in [1.82, 2.24) is 0 Å². The van der Waals surface area contributed by atoms with Gasteiger partial charge in [-0.1, -0.05) is 31.6 Å². The first kappa shape index (κ1) is 12.2. The van der Waals surface area contributed by atoms with Gasteiger partial charge >= 0.3 is 0 Å². The van der Waals surface area contributed by atoms with Gasteiger partial charge in [0, 0.05) is 0 Å². The number of hydrogen-bond donors (Lipinski definition) is 1. The highest BCUT2D eigenvalue weighted by molar-refractivity contribution is 5.12. The largest absolute Gasteiger partial charge is 0.389 e. The summed E-state index contributed by atoms with van der Waals surface area (Å²) in [6.07, 6.45) is 8.83. The van der Waals surface area contributed by atoms with Crippen LogP contribution in [-0.2, 0) is 0 Å². The van der Waals surface area contributed by atoms with Crippen LogP contribution in [-0.4, -0.2) is 11.2 Å². The molecule has 0 amide bonds. The third-order valence-corrected chi connectivity index (χ3v) is 1.92. The fraction of sp³-hybridized carbons (Fsp3) is 0.500. The van der Waals surface area contributed by atoms with Gasteiger partial charge in [0.25, 0.3) is 0 Å². The van der Waals surface area contributed by atoms with Crippen molar-refractivity contribution in [2.45, 2.75) is 38.7 Å². The van der Waals surface area contributed by atoms with Crippen molar-refractivity contribution in [3.63, 3.8) is 0 Å². The van der Waals surface area contributed by atoms with Crippen molar-refractivity contribution in [3.8, 4) is 0 Å². The van der Waals surface area contributed by atoms with Gasteiger partial charge in [0.1, 0.15) is 0 Å². The van der Waals surface area contributed by atoms with Crippen LogP contribution in [0.5, 0.6) is 0 Å². The van der Waals surface area contributed by atoms with Gasteiger partial charge in [0.2, 0.25) is 0 Å². The molecule has 1 atom stereocenters. The van der Waals surface area contributed by atoms with E-state index in [1.54, 1.807) is 0 Å². The quantitative estimate of drug-likeness (QED) is 0.596. The molecular formula is C12H20O. The van der Waals surface area contributed by atoms with E-state index in [9.17, 15) is 5.11 Å². The smallest absolute Gasteiger partial charge is 0.0753 e. The Morgan fingerprint density at radius 3 is 2.54 bits per heavy atom. The second kappa shape index (κ2) is 7.81. The highest BCUT2D eigenvalue weighted by Gasteiger charge is 2.06. The molecule has 0 aromatic heterocycles. The van der Waals surface area contributed by atoms with E-state index in [0.29, 0.717) is 0 Å². The third-order valence-electron chi connectivity index (χ3n) is 1.92. The number of rotatable bonds is 7. The molecule has 0 bridgehead atoms. The van der Waals surface area contributed by atoms with Crippen LogP contribution in [0.2, 0.25) is 0 Å². The molecule has 0 fully saturated rings. The van der Waals surface area contributed by atoms with Crippen molar-refractivity contribution >= 4 is 0 Å². The minimum Gasteiger partial charge on any atom is -0.389 e. The molecule has 0 aliphatic heterocycles. The summed E-state index contributed by atoms with van der Waals surface area (Å²) >= 11 is 0. The molecule has 1 N–H and O–H groups in total. The van der Waals surface area contributed by atoms with E-state index in [1.807, 2.05) is 18.2 Å². The summed E-state index contributed by atoms with van der Waals surface area (Å²) < 4.78 is 0. The van der Waals surface area contributed by atoms with Crippen molar-refractivity contribution in [3.05, 3.63) is 37.0 Å². The van der Waals surface area contributed by atoms with Crippen molar-refractivity contribution in [2.24, 2.45) is 0 Å². The molecule has 0 rings (SSSR count). The van der Waals surface area contributed by atoms with Crippen LogP contribution in [0.15, 0.2) is 37.0 Å². The second-order valence-corrected chi connectivity index (χ2v) is 3.10. The van der Waals surface area contributed by atoms with Gasteiger partial charge in [0.15, 0.2) is 0 Å². The van der Waals surface area contributed by atoms with Crippen LogP contribution in [0.25, 0.3) is 0 Å². The fourth-order valence-corrected chi connectivity index (χ4v) is 1.22. The first-order valence-electron chi connectivity index (χ1n) is 4.85. The first-order valence-corrected chi connectivity index (χ1v) is 4.85. The molecule has 0 radical (unpaired) electrons. The summed E-state index contributed by atoms with van der Waals surface area (Å²) in [5.41, 5.74) is 1.07. The molecule has 74 valence electrons. The lowest BCUT2D eigenvalue weighted by Crippen LogP contribution is -2.09. The fourth-order valence-electron chi connectivity index (χ4n) is 1.22. The number of hydrogen-bond acceptors (Lipinski definition) is 1. The lowest BCUT2D eigenvalue weighted by atomic mass is 10.0. The summed E-state index contributed by atoms with van der Waals surface area (Å²) in [5.74, 6) is 0. The lowest BCUT2D eigenvalue weighted by molar-refractivity contribution is 0.196. The normalized spacial score (nSPS) is 13.8. The van der Waals surface area contributed by atoms with Crippen molar-refractivity contribution in [1.29, 1.82) is 0 Å². The SMILES string of the molecule is C=CC/C=C(\CC=C)C(O)CCC. The van der Waals surface area contributed by atoms with Crippen LogP contribution in [0.4, 0.5) is 0 Å². The van der Waals surface area contributed by atoms with E-state index < -0.39 is 0 Å². The summed E-state index contributed by atoms with van der Waals surface area (Å²) in [6.45, 7) is 9.39. The standard InChI is InChI=1S/C12H20O/c1-4-7-10-11(8-5-2)12(13)9-6-3/h4-5,10,12-13H,1-2,6-9H2,3H3/b11-10+. The minimum absolute atomic E-state index is 0.303. The van der Waals surface area contributed by atoms with Crippen molar-refractivity contribution < 1.29 is 5.11 Å². The molecule has 1 unspecified atom stereocenters. The molecule has 0 aliphatic rings. The Bertz CT molecular complexity index is 180. The van der Waals surface area contributed by atoms with Gasteiger partial charge in [0.05, 0.1) is 6.10 Å². The van der Waals surface area contributed by atoms with E-state index in [-0.39, 0.29) is 6.10 Å². The van der Waals surface area contributed by atoms with Gasteiger partial charge in [-0.05, 0) is 24.8 Å². The van der Waals surface area contributed by atoms with Crippen LogP contribution in [0, 0.1) is 0 Å². The number of allylic oxidation sites excluding steroid dienone is 3. The highest BCUT2D eigenvalue weighted by Crippen LogP contribution is 2.14. The van der Waals surface area contributed by atoms with E-state index in [0.717, 1.165) is 31.3 Å². The molecule has 0 aromatic rings. The predicted octanol–water partition coefficient (Wildman–Crippen LogP) is 3.23. The Kier molecular flexibility index (Phi) is 7.32. The minimum atomic E-state index is -0.303. The van der Waals surface area contributed by atoms with E-state index in [4.69, 9.17) is 0 Å². The molecule has 0 aliphatic carbocycles. The first-order chi connectivity index (χ1) is 6.26. The third kappa shape index (κ3) is 5.42. The summed E-state index contributed by atoms with van der Waals surface area (Å²) in [5, 5.41) is 9.72. The zero-order valence-corrected chi connectivity index (χ0v) is 8.50. The zero-order chi connectivity index (χ0) is 10.1. The van der Waals surface area contributed by atoms with E-state index >= 15 is 0 Å². The Hall–Kier alpha value is -0.820. The van der Waals surface area contributed by atoms with Crippen LogP contribution < -0.4 is 0 Å². The Labute approximate surface area is 81.5 Å².